The van der Waals surface area contributed by atoms with E-state index in [2.05, 4.69) is 11.8 Å². The Kier molecular flexibility index (Phi) is 4.56. The second-order valence-corrected chi connectivity index (χ2v) is 11.6. The molecule has 13 atom stereocenters. The Morgan fingerprint density at radius 1 is 1.10 bits per heavy atom. The van der Waals surface area contributed by atoms with Crippen LogP contribution in [0.5, 0.6) is 0 Å². The van der Waals surface area contributed by atoms with Crippen LogP contribution in [0.1, 0.15) is 32.6 Å². The Hall–Kier alpha value is -0.280. The molecule has 5 saturated carbocycles. The molecule has 0 aromatic carbocycles. The molecule has 2 unspecified atom stereocenters. The summed E-state index contributed by atoms with van der Waals surface area (Å²) < 4.78 is 18.0. The van der Waals surface area contributed by atoms with Crippen molar-refractivity contribution in [3.05, 3.63) is 0 Å². The minimum atomic E-state index is -1.05. The molecular formula is C24H39NO6. The summed E-state index contributed by atoms with van der Waals surface area (Å²) >= 11 is 0. The van der Waals surface area contributed by atoms with Crippen LogP contribution in [0.2, 0.25) is 0 Å². The number of ether oxygens (including phenoxy) is 3. The Morgan fingerprint density at radius 3 is 2.52 bits per heavy atom. The molecule has 1 saturated heterocycles. The highest BCUT2D eigenvalue weighted by Gasteiger charge is 2.86. The van der Waals surface area contributed by atoms with Gasteiger partial charge in [0.1, 0.15) is 0 Å². The van der Waals surface area contributed by atoms with E-state index >= 15 is 0 Å². The zero-order chi connectivity index (χ0) is 21.9. The van der Waals surface area contributed by atoms with Gasteiger partial charge in [0.2, 0.25) is 0 Å². The number of rotatable bonds is 5. The van der Waals surface area contributed by atoms with Gasteiger partial charge >= 0.3 is 0 Å². The molecule has 0 radical (unpaired) electrons. The van der Waals surface area contributed by atoms with Crippen LogP contribution in [0, 0.1) is 40.4 Å². The highest BCUT2D eigenvalue weighted by molar-refractivity contribution is 5.35. The molecule has 6 aliphatic rings. The Balaban J connectivity index is 1.62. The number of aliphatic hydroxyl groups excluding tert-OH is 2. The van der Waals surface area contributed by atoms with Crippen molar-refractivity contribution >= 4 is 0 Å². The second-order valence-electron chi connectivity index (χ2n) is 11.6. The number of piperidine rings is 1. The molecule has 31 heavy (non-hydrogen) atoms. The van der Waals surface area contributed by atoms with Crippen LogP contribution < -0.4 is 0 Å². The maximum Gasteiger partial charge on any atom is 0.0796 e. The van der Waals surface area contributed by atoms with E-state index in [0.717, 1.165) is 32.4 Å². The largest absolute Gasteiger partial charge is 0.392 e. The molecule has 0 aromatic rings. The van der Waals surface area contributed by atoms with E-state index in [0.29, 0.717) is 13.0 Å². The van der Waals surface area contributed by atoms with Crippen LogP contribution in [0.25, 0.3) is 0 Å². The lowest BCUT2D eigenvalue weighted by Crippen LogP contribution is -2.76. The maximum absolute atomic E-state index is 12.5. The molecule has 7 nitrogen and oxygen atoms in total. The lowest BCUT2D eigenvalue weighted by molar-refractivity contribution is -0.272. The molecule has 1 spiro atoms. The molecule has 1 heterocycles. The van der Waals surface area contributed by atoms with Gasteiger partial charge in [-0.2, -0.15) is 0 Å². The van der Waals surface area contributed by atoms with Crippen molar-refractivity contribution < 1.29 is 29.5 Å². The van der Waals surface area contributed by atoms with Gasteiger partial charge in [-0.05, 0) is 31.7 Å². The van der Waals surface area contributed by atoms with Gasteiger partial charge in [0.25, 0.3) is 0 Å². The quantitative estimate of drug-likeness (QED) is 0.577. The van der Waals surface area contributed by atoms with Crippen LogP contribution in [0.15, 0.2) is 0 Å². The first-order valence-electron chi connectivity index (χ1n) is 12.2. The molecule has 7 bridgehead atoms. The monoisotopic (exact) mass is 437 g/mol. The third kappa shape index (κ3) is 2.12. The predicted octanol–water partition coefficient (Wildman–Crippen LogP) is 0.502. The minimum absolute atomic E-state index is 0.0248. The van der Waals surface area contributed by atoms with Crippen LogP contribution in [0.3, 0.4) is 0 Å². The summed E-state index contributed by atoms with van der Waals surface area (Å²) in [6.45, 7) is 4.63. The van der Waals surface area contributed by atoms with Crippen molar-refractivity contribution in [3.8, 4) is 0 Å². The Bertz CT molecular complexity index is 752. The first-order chi connectivity index (χ1) is 14.9. The number of aliphatic hydroxyl groups is 3. The van der Waals surface area contributed by atoms with Crippen molar-refractivity contribution in [1.29, 1.82) is 0 Å². The Morgan fingerprint density at radius 2 is 1.87 bits per heavy atom. The molecule has 0 amide bonds. The molecule has 3 N–H and O–H groups in total. The minimum Gasteiger partial charge on any atom is -0.392 e. The standard InChI is InChI=1S/C24H39NO6/c1-5-25-10-22(11-29-2)7-6-15(26)24-13-8-12-14(30-3)9-23(28,16(13)18(12)27)17(21(24)25)19(31-4)20(22)24/h12-21,26-28H,5-11H2,1-4H3/t12-,13-,14+,15+,16-,17?,18+,19+,20-,21?,22+,23-,24+/m1/s1. The van der Waals surface area contributed by atoms with Crippen LogP contribution in [-0.2, 0) is 14.2 Å². The SMILES string of the molecule is CCN1C[C@]2(COC)CC[C@H](O)[C@]34C1C([C@H](OC)[C@H]23)[C@@]1(O)C[C@H](OC)[C@H]2C[C@@H]4[C@@H]1[C@H]2O. The summed E-state index contributed by atoms with van der Waals surface area (Å²) in [5, 5.41) is 35.7. The van der Waals surface area contributed by atoms with Gasteiger partial charge in [0.05, 0.1) is 36.6 Å². The van der Waals surface area contributed by atoms with E-state index in [4.69, 9.17) is 14.2 Å². The Labute approximate surface area is 185 Å². The summed E-state index contributed by atoms with van der Waals surface area (Å²) in [7, 11) is 5.24. The summed E-state index contributed by atoms with van der Waals surface area (Å²) in [4.78, 5) is 2.52. The summed E-state index contributed by atoms with van der Waals surface area (Å²) in [6, 6.07) is 0.0561. The van der Waals surface area contributed by atoms with E-state index in [1.807, 2.05) is 0 Å². The smallest absolute Gasteiger partial charge is 0.0796 e. The number of methoxy groups -OCH3 is 3. The highest BCUT2D eigenvalue weighted by Crippen LogP contribution is 2.79. The van der Waals surface area contributed by atoms with E-state index in [9.17, 15) is 15.3 Å². The molecule has 176 valence electrons. The molecule has 7 heteroatoms. The van der Waals surface area contributed by atoms with Crippen molar-refractivity contribution in [2.24, 2.45) is 40.4 Å². The normalized spacial score (nSPS) is 61.6. The van der Waals surface area contributed by atoms with Gasteiger partial charge in [-0.15, -0.1) is 0 Å². The number of hydrogen-bond donors (Lipinski definition) is 3. The zero-order valence-corrected chi connectivity index (χ0v) is 19.2. The average molecular weight is 438 g/mol. The van der Waals surface area contributed by atoms with Gasteiger partial charge in [-0.25, -0.2) is 0 Å². The van der Waals surface area contributed by atoms with Gasteiger partial charge in [-0.1, -0.05) is 6.92 Å². The number of fused-ring (bicyclic) bond motifs is 2. The summed E-state index contributed by atoms with van der Waals surface area (Å²) in [5.41, 5.74) is -1.54. The highest BCUT2D eigenvalue weighted by atomic mass is 16.5. The van der Waals surface area contributed by atoms with E-state index in [1.165, 1.54) is 0 Å². The van der Waals surface area contributed by atoms with Gasteiger partial charge in [-0.3, -0.25) is 4.90 Å². The van der Waals surface area contributed by atoms with Crippen molar-refractivity contribution in [1.82, 2.24) is 4.90 Å². The fourth-order valence-corrected chi connectivity index (χ4v) is 10.7. The summed E-state index contributed by atoms with van der Waals surface area (Å²) in [5.74, 6) is -0.168. The molecular weight excluding hydrogens is 398 g/mol. The van der Waals surface area contributed by atoms with Crippen molar-refractivity contribution in [2.45, 2.75) is 68.7 Å². The van der Waals surface area contributed by atoms with Crippen molar-refractivity contribution in [2.75, 3.05) is 41.0 Å². The first kappa shape index (κ1) is 21.3. The zero-order valence-electron chi connectivity index (χ0n) is 19.2. The fourth-order valence-electron chi connectivity index (χ4n) is 10.7. The third-order valence-electron chi connectivity index (χ3n) is 11.1. The first-order valence-corrected chi connectivity index (χ1v) is 12.2. The summed E-state index contributed by atoms with van der Waals surface area (Å²) in [6.07, 6.45) is 1.65. The van der Waals surface area contributed by atoms with Gasteiger partial charge < -0.3 is 29.5 Å². The fraction of sp³-hybridized carbons (Fsp3) is 1.00. The second kappa shape index (κ2) is 6.65. The van der Waals surface area contributed by atoms with Crippen LogP contribution in [0.4, 0.5) is 0 Å². The average Bonchev–Trinajstić information content (AvgIpc) is 3.16. The van der Waals surface area contributed by atoms with Crippen LogP contribution in [-0.4, -0.2) is 97.3 Å². The lowest BCUT2D eigenvalue weighted by atomic mass is 9.43. The van der Waals surface area contributed by atoms with Crippen LogP contribution >= 0.6 is 0 Å². The van der Waals surface area contributed by atoms with E-state index in [-0.39, 0.29) is 58.7 Å². The number of likely N-dealkylation sites (tertiary alicyclic amines) is 1. The van der Waals surface area contributed by atoms with Crippen molar-refractivity contribution in [3.63, 3.8) is 0 Å². The molecule has 6 rings (SSSR count). The van der Waals surface area contributed by atoms with E-state index < -0.39 is 17.8 Å². The van der Waals surface area contributed by atoms with E-state index in [1.54, 1.807) is 21.3 Å². The molecule has 5 aliphatic carbocycles. The van der Waals surface area contributed by atoms with Gasteiger partial charge in [0, 0.05) is 74.8 Å². The topological polar surface area (TPSA) is 91.6 Å². The predicted molar refractivity (Wildman–Crippen MR) is 112 cm³/mol. The third-order valence-corrected chi connectivity index (χ3v) is 11.1. The van der Waals surface area contributed by atoms with Gasteiger partial charge in [0.15, 0.2) is 0 Å². The molecule has 1 aliphatic heterocycles. The molecule has 0 aromatic heterocycles. The molecule has 6 fully saturated rings. The lowest BCUT2D eigenvalue weighted by Gasteiger charge is -2.68. The number of hydrogen-bond acceptors (Lipinski definition) is 7. The maximum atomic E-state index is 12.5. The number of nitrogens with zero attached hydrogens (tertiary/aromatic N) is 1.